The second kappa shape index (κ2) is 27.8. The highest BCUT2D eigenvalue weighted by Gasteiger charge is 2.21. The number of nitrogens with zero attached hydrogens (tertiary/aromatic N) is 1. The summed E-state index contributed by atoms with van der Waals surface area (Å²) in [4.78, 5) is 36.7. The lowest BCUT2D eigenvalue weighted by molar-refractivity contribution is -0.870. The van der Waals surface area contributed by atoms with E-state index in [0.29, 0.717) is 11.0 Å². The third-order valence-corrected chi connectivity index (χ3v) is 8.03. The van der Waals surface area contributed by atoms with Crippen LogP contribution in [-0.2, 0) is 32.7 Å². The number of likely N-dealkylation sites (N-methyl/N-ethyl adjacent to an activating group) is 1. The monoisotopic (exact) mass is 645 g/mol. The molecule has 0 radical (unpaired) electrons. The van der Waals surface area contributed by atoms with Gasteiger partial charge in [-0.05, 0) is 12.8 Å². The average Bonchev–Trinajstić information content (AvgIpc) is 2.95. The predicted octanol–water partition coefficient (Wildman–Crippen LogP) is 7.82. The summed E-state index contributed by atoms with van der Waals surface area (Å²) in [5.74, 6) is -1.10. The van der Waals surface area contributed by atoms with E-state index >= 15 is 0 Å². The first-order chi connectivity index (χ1) is 21.0. The van der Waals surface area contributed by atoms with Crippen molar-refractivity contribution in [3.8, 4) is 0 Å². The van der Waals surface area contributed by atoms with E-state index in [1.807, 2.05) is 27.2 Å². The molecule has 0 aliphatic rings. The molecule has 0 aromatic heterocycles. The summed E-state index contributed by atoms with van der Waals surface area (Å²) in [6.07, 6.45) is 26.1. The van der Waals surface area contributed by atoms with Gasteiger partial charge in [-0.1, -0.05) is 128 Å². The van der Waals surface area contributed by atoms with Crippen molar-refractivity contribution in [3.63, 3.8) is 0 Å². The zero-order chi connectivity index (χ0) is 32.9. The molecule has 0 saturated carbocycles. The standard InChI is InChI=1S/C34H64NO8P/c1-6-8-10-12-13-14-15-16-17-18-19-20-21-23-24-26-33(36)40-30-32(43-34(37)27-25-22-11-9-7-2)31-42-44(38,39)41-29-28-35(3,4)5/h11,22,25,27,32H,6-10,12-21,23-24,26,28-31H2,1-5H3/t32-/m1/s1. The maximum atomic E-state index is 12.3. The van der Waals surface area contributed by atoms with Gasteiger partial charge < -0.3 is 27.9 Å². The van der Waals surface area contributed by atoms with E-state index in [9.17, 15) is 19.0 Å². The smallest absolute Gasteiger partial charge is 0.331 e. The van der Waals surface area contributed by atoms with Crippen LogP contribution in [0, 0.1) is 0 Å². The van der Waals surface area contributed by atoms with Gasteiger partial charge in [0.2, 0.25) is 0 Å². The lowest BCUT2D eigenvalue weighted by atomic mass is 10.0. The second-order valence-corrected chi connectivity index (χ2v) is 14.0. The minimum atomic E-state index is -4.62. The van der Waals surface area contributed by atoms with Gasteiger partial charge in [0.25, 0.3) is 7.82 Å². The van der Waals surface area contributed by atoms with E-state index in [1.165, 1.54) is 83.1 Å². The number of hydrogen-bond donors (Lipinski definition) is 0. The fraction of sp³-hybridized carbons (Fsp3) is 0.824. The molecule has 10 heteroatoms. The van der Waals surface area contributed by atoms with Gasteiger partial charge in [-0.25, -0.2) is 4.79 Å². The van der Waals surface area contributed by atoms with Gasteiger partial charge in [-0.2, -0.15) is 0 Å². The van der Waals surface area contributed by atoms with Gasteiger partial charge in [0.1, 0.15) is 19.8 Å². The molecular formula is C34H64NO8P. The Morgan fingerprint density at radius 3 is 1.82 bits per heavy atom. The van der Waals surface area contributed by atoms with Crippen molar-refractivity contribution in [1.82, 2.24) is 0 Å². The molecule has 0 aliphatic heterocycles. The summed E-state index contributed by atoms with van der Waals surface area (Å²) < 4.78 is 33.2. The highest BCUT2D eigenvalue weighted by atomic mass is 31.2. The number of carbonyl (C=O) groups is 2. The molecule has 44 heavy (non-hydrogen) atoms. The lowest BCUT2D eigenvalue weighted by Crippen LogP contribution is -2.37. The lowest BCUT2D eigenvalue weighted by Gasteiger charge is -2.28. The van der Waals surface area contributed by atoms with Gasteiger partial charge in [-0.15, -0.1) is 0 Å². The fourth-order valence-corrected chi connectivity index (χ4v) is 5.06. The number of allylic oxidation sites excluding steroid dienone is 3. The van der Waals surface area contributed by atoms with Crippen molar-refractivity contribution in [2.45, 2.75) is 136 Å². The van der Waals surface area contributed by atoms with Crippen LogP contribution in [0.4, 0.5) is 0 Å². The summed E-state index contributed by atoms with van der Waals surface area (Å²) in [5, 5.41) is 0. The molecule has 0 amide bonds. The van der Waals surface area contributed by atoms with Crippen LogP contribution in [0.1, 0.15) is 129 Å². The number of unbranched alkanes of at least 4 members (excludes halogenated alkanes) is 15. The van der Waals surface area contributed by atoms with Gasteiger partial charge in [-0.3, -0.25) is 9.36 Å². The molecule has 0 aromatic rings. The van der Waals surface area contributed by atoms with Crippen LogP contribution in [0.3, 0.4) is 0 Å². The topological polar surface area (TPSA) is 111 Å². The molecule has 0 N–H and O–H groups in total. The third-order valence-electron chi connectivity index (χ3n) is 7.06. The van der Waals surface area contributed by atoms with E-state index in [1.54, 1.807) is 12.2 Å². The van der Waals surface area contributed by atoms with E-state index in [0.717, 1.165) is 32.1 Å². The van der Waals surface area contributed by atoms with Crippen LogP contribution in [0.25, 0.3) is 0 Å². The van der Waals surface area contributed by atoms with Crippen LogP contribution in [-0.4, -0.2) is 70.0 Å². The highest BCUT2D eigenvalue weighted by molar-refractivity contribution is 7.45. The van der Waals surface area contributed by atoms with Crippen molar-refractivity contribution in [3.05, 3.63) is 24.3 Å². The maximum Gasteiger partial charge on any atom is 0.331 e. The number of phosphoric acid groups is 1. The zero-order valence-electron chi connectivity index (χ0n) is 28.6. The molecule has 258 valence electrons. The minimum absolute atomic E-state index is 0.0458. The zero-order valence-corrected chi connectivity index (χ0v) is 29.5. The predicted molar refractivity (Wildman–Crippen MR) is 176 cm³/mol. The van der Waals surface area contributed by atoms with Crippen molar-refractivity contribution in [2.24, 2.45) is 0 Å². The van der Waals surface area contributed by atoms with Crippen molar-refractivity contribution < 1.29 is 42.1 Å². The number of rotatable bonds is 30. The molecule has 0 fully saturated rings. The summed E-state index contributed by atoms with van der Waals surface area (Å²) >= 11 is 0. The fourth-order valence-electron chi connectivity index (χ4n) is 4.33. The molecule has 0 spiro atoms. The highest BCUT2D eigenvalue weighted by Crippen LogP contribution is 2.38. The summed E-state index contributed by atoms with van der Waals surface area (Å²) in [7, 11) is 1.11. The van der Waals surface area contributed by atoms with Gasteiger partial charge in [0.05, 0.1) is 27.7 Å². The largest absolute Gasteiger partial charge is 0.756 e. The number of phosphoric ester groups is 1. The SMILES string of the molecule is CCCC=CC=CC(=O)O[C@H](COC(=O)CCCCCCCCCCCCCCCCC)COP(=O)([O-])OCC[N+](C)(C)C. The number of hydrogen-bond acceptors (Lipinski definition) is 8. The molecule has 0 rings (SSSR count). The van der Waals surface area contributed by atoms with E-state index in [-0.39, 0.29) is 19.6 Å². The van der Waals surface area contributed by atoms with Crippen LogP contribution >= 0.6 is 7.82 Å². The Morgan fingerprint density at radius 2 is 1.30 bits per heavy atom. The average molecular weight is 646 g/mol. The Bertz CT molecular complexity index is 825. The van der Waals surface area contributed by atoms with Gasteiger partial charge in [0, 0.05) is 12.5 Å². The molecule has 0 bridgehead atoms. The van der Waals surface area contributed by atoms with Crippen LogP contribution in [0.15, 0.2) is 24.3 Å². The van der Waals surface area contributed by atoms with Gasteiger partial charge in [0.15, 0.2) is 6.10 Å². The Kier molecular flexibility index (Phi) is 26.8. The first kappa shape index (κ1) is 42.5. The van der Waals surface area contributed by atoms with Crippen LogP contribution in [0.2, 0.25) is 0 Å². The Hall–Kier alpha value is -1.51. The Morgan fingerprint density at radius 1 is 0.750 bits per heavy atom. The van der Waals surface area contributed by atoms with E-state index in [4.69, 9.17) is 18.5 Å². The van der Waals surface area contributed by atoms with Crippen molar-refractivity contribution >= 4 is 19.8 Å². The first-order valence-corrected chi connectivity index (χ1v) is 18.5. The molecule has 2 atom stereocenters. The second-order valence-electron chi connectivity index (χ2n) is 12.6. The molecule has 9 nitrogen and oxygen atoms in total. The first-order valence-electron chi connectivity index (χ1n) is 17.1. The molecule has 0 saturated heterocycles. The minimum Gasteiger partial charge on any atom is -0.756 e. The molecule has 0 aliphatic carbocycles. The van der Waals surface area contributed by atoms with Crippen molar-refractivity contribution in [1.29, 1.82) is 0 Å². The molecular weight excluding hydrogens is 581 g/mol. The quantitative estimate of drug-likeness (QED) is 0.0194. The van der Waals surface area contributed by atoms with Crippen LogP contribution < -0.4 is 4.89 Å². The number of quaternary nitrogens is 1. The summed E-state index contributed by atoms with van der Waals surface area (Å²) in [5.41, 5.74) is 0. The molecule has 0 heterocycles. The Balaban J connectivity index is 4.34. The van der Waals surface area contributed by atoms with Crippen molar-refractivity contribution in [2.75, 3.05) is 47.5 Å². The number of esters is 2. The van der Waals surface area contributed by atoms with Gasteiger partial charge >= 0.3 is 11.9 Å². The van der Waals surface area contributed by atoms with E-state index < -0.39 is 32.5 Å². The Labute approximate surface area is 268 Å². The van der Waals surface area contributed by atoms with Crippen LogP contribution in [0.5, 0.6) is 0 Å². The van der Waals surface area contributed by atoms with E-state index in [2.05, 4.69) is 13.8 Å². The maximum absolute atomic E-state index is 12.3. The summed E-state index contributed by atoms with van der Waals surface area (Å²) in [6, 6.07) is 0. The summed E-state index contributed by atoms with van der Waals surface area (Å²) in [6.45, 7) is 3.90. The number of ether oxygens (including phenoxy) is 2. The molecule has 1 unspecified atom stereocenters. The third kappa shape index (κ3) is 30.5. The number of carbonyl (C=O) groups excluding carboxylic acids is 2. The molecule has 0 aromatic carbocycles. The normalized spacial score (nSPS) is 14.2.